The highest BCUT2D eigenvalue weighted by molar-refractivity contribution is 5.93. The van der Waals surface area contributed by atoms with Crippen LogP contribution in [0.4, 0.5) is 5.69 Å². The Morgan fingerprint density at radius 3 is 2.57 bits per heavy atom. The summed E-state index contributed by atoms with van der Waals surface area (Å²) in [5.41, 5.74) is 7.96. The van der Waals surface area contributed by atoms with Gasteiger partial charge in [0, 0.05) is 17.3 Å². The molecule has 2 aliphatic rings. The monoisotopic (exact) mass is 333 g/mol. The van der Waals surface area contributed by atoms with Crippen molar-refractivity contribution < 1.29 is 4.79 Å². The van der Waals surface area contributed by atoms with Crippen LogP contribution < -0.4 is 11.1 Å². The van der Waals surface area contributed by atoms with Crippen LogP contribution in [0.5, 0.6) is 0 Å². The number of fused-ring (bicyclic) bond motifs is 2. The molecule has 6 nitrogen and oxygen atoms in total. The molecule has 0 saturated heterocycles. The molecule has 2 bridgehead atoms. The molecule has 4 N–H and O–H groups in total. The normalized spacial score (nSPS) is 28.4. The summed E-state index contributed by atoms with van der Waals surface area (Å²) in [6, 6.07) is 7.61. The van der Waals surface area contributed by atoms with Crippen LogP contribution in [0.25, 0.3) is 11.4 Å². The molecule has 0 aliphatic heterocycles. The highest BCUT2D eigenvalue weighted by Crippen LogP contribution is 2.47. The minimum atomic E-state index is -0.0345. The Bertz CT molecular complexity index is 670. The zero-order chi connectivity index (χ0) is 15.1. The van der Waals surface area contributed by atoms with Crippen LogP contribution in [0.2, 0.25) is 0 Å². The fourth-order valence-corrected chi connectivity index (χ4v) is 4.01. The Hall–Kier alpha value is -1.92. The highest BCUT2D eigenvalue weighted by Gasteiger charge is 2.49. The minimum Gasteiger partial charge on any atom is -0.327 e. The van der Waals surface area contributed by atoms with Crippen LogP contribution in [-0.4, -0.2) is 27.1 Å². The van der Waals surface area contributed by atoms with E-state index < -0.39 is 0 Å². The number of aromatic amines is 1. The second-order valence-corrected chi connectivity index (χ2v) is 6.34. The van der Waals surface area contributed by atoms with E-state index >= 15 is 0 Å². The molecule has 1 amide bonds. The number of hydrogen-bond acceptors (Lipinski definition) is 4. The number of rotatable bonds is 3. The number of aromatic nitrogens is 3. The molecule has 4 atom stereocenters. The third kappa shape index (κ3) is 2.84. The van der Waals surface area contributed by atoms with E-state index in [0.29, 0.717) is 17.7 Å². The van der Waals surface area contributed by atoms with E-state index in [2.05, 4.69) is 20.5 Å². The summed E-state index contributed by atoms with van der Waals surface area (Å²) < 4.78 is 0. The number of benzene rings is 1. The van der Waals surface area contributed by atoms with E-state index in [9.17, 15) is 4.79 Å². The summed E-state index contributed by atoms with van der Waals surface area (Å²) in [6.45, 7) is 0. The van der Waals surface area contributed by atoms with E-state index in [0.717, 1.165) is 24.1 Å². The second kappa shape index (κ2) is 6.29. The molecule has 0 spiro atoms. The molecule has 23 heavy (non-hydrogen) atoms. The number of carbonyl (C=O) groups is 1. The van der Waals surface area contributed by atoms with Gasteiger partial charge in [0.05, 0.1) is 5.92 Å². The maximum atomic E-state index is 12.5. The molecule has 4 unspecified atom stereocenters. The third-order valence-electron chi connectivity index (χ3n) is 5.12. The van der Waals surface area contributed by atoms with Crippen LogP contribution in [0.15, 0.2) is 30.6 Å². The molecule has 2 aromatic rings. The van der Waals surface area contributed by atoms with Crippen molar-refractivity contribution in [3.63, 3.8) is 0 Å². The lowest BCUT2D eigenvalue weighted by atomic mass is 9.84. The fourth-order valence-electron chi connectivity index (χ4n) is 4.01. The summed E-state index contributed by atoms with van der Waals surface area (Å²) >= 11 is 0. The molecule has 2 fully saturated rings. The predicted molar refractivity (Wildman–Crippen MR) is 90.0 cm³/mol. The Morgan fingerprint density at radius 2 is 1.96 bits per heavy atom. The van der Waals surface area contributed by atoms with Crippen LogP contribution in [-0.2, 0) is 4.79 Å². The number of carbonyl (C=O) groups excluding carboxylic acids is 1. The van der Waals surface area contributed by atoms with Crippen molar-refractivity contribution in [2.75, 3.05) is 5.32 Å². The Labute approximate surface area is 140 Å². The van der Waals surface area contributed by atoms with Gasteiger partial charge >= 0.3 is 0 Å². The quantitative estimate of drug-likeness (QED) is 0.802. The van der Waals surface area contributed by atoms with Crippen LogP contribution in [0.3, 0.4) is 0 Å². The van der Waals surface area contributed by atoms with Crippen LogP contribution >= 0.6 is 12.4 Å². The first kappa shape index (κ1) is 16.0. The molecule has 122 valence electrons. The van der Waals surface area contributed by atoms with Gasteiger partial charge in [0.2, 0.25) is 5.91 Å². The van der Waals surface area contributed by atoms with Gasteiger partial charge < -0.3 is 11.1 Å². The van der Waals surface area contributed by atoms with Crippen LogP contribution in [0.1, 0.15) is 19.3 Å². The van der Waals surface area contributed by atoms with Gasteiger partial charge in [-0.3, -0.25) is 9.89 Å². The summed E-state index contributed by atoms with van der Waals surface area (Å²) in [6.07, 6.45) is 4.91. The number of halogens is 1. The Morgan fingerprint density at radius 1 is 1.22 bits per heavy atom. The van der Waals surface area contributed by atoms with Crippen LogP contribution in [0, 0.1) is 17.8 Å². The van der Waals surface area contributed by atoms with Crippen molar-refractivity contribution in [3.8, 4) is 11.4 Å². The number of amides is 1. The summed E-state index contributed by atoms with van der Waals surface area (Å²) in [7, 11) is 0. The van der Waals surface area contributed by atoms with Crippen molar-refractivity contribution in [1.82, 2.24) is 15.2 Å². The lowest BCUT2D eigenvalue weighted by molar-refractivity contribution is -0.121. The molecular formula is C16H20ClN5O. The fraction of sp³-hybridized carbons (Fsp3) is 0.438. The van der Waals surface area contributed by atoms with E-state index in [-0.39, 0.29) is 30.3 Å². The molecule has 1 aromatic carbocycles. The number of nitrogens with zero attached hydrogens (tertiary/aromatic N) is 2. The lowest BCUT2D eigenvalue weighted by Crippen LogP contribution is -2.42. The standard InChI is InChI=1S/C16H19N5O.ClH/c17-14-11-2-1-10(7-11)13(14)16(22)20-12-5-3-9(4-6-12)15-18-8-19-21-15;/h3-6,8,10-11,13-14H,1-2,7,17H2,(H,20,22)(H,18,19,21);1H. The molecule has 4 rings (SSSR count). The first-order valence-corrected chi connectivity index (χ1v) is 7.74. The smallest absolute Gasteiger partial charge is 0.229 e. The van der Waals surface area contributed by atoms with Gasteiger partial charge in [-0.2, -0.15) is 5.10 Å². The topological polar surface area (TPSA) is 96.7 Å². The Balaban J connectivity index is 0.00000156. The second-order valence-electron chi connectivity index (χ2n) is 6.34. The number of hydrogen-bond donors (Lipinski definition) is 3. The van der Waals surface area contributed by atoms with Crippen molar-refractivity contribution in [3.05, 3.63) is 30.6 Å². The van der Waals surface area contributed by atoms with Crippen molar-refractivity contribution in [1.29, 1.82) is 0 Å². The zero-order valence-corrected chi connectivity index (χ0v) is 13.4. The van der Waals surface area contributed by atoms with Gasteiger partial charge in [0.25, 0.3) is 0 Å². The lowest BCUT2D eigenvalue weighted by Gasteiger charge is -2.27. The van der Waals surface area contributed by atoms with E-state index in [1.165, 1.54) is 12.7 Å². The molecular weight excluding hydrogens is 314 g/mol. The van der Waals surface area contributed by atoms with Crippen molar-refractivity contribution in [2.45, 2.75) is 25.3 Å². The number of anilines is 1. The molecule has 0 radical (unpaired) electrons. The predicted octanol–water partition coefficient (Wildman–Crippen LogP) is 2.21. The third-order valence-corrected chi connectivity index (χ3v) is 5.12. The summed E-state index contributed by atoms with van der Waals surface area (Å²) in [4.78, 5) is 16.6. The molecule has 1 aromatic heterocycles. The summed E-state index contributed by atoms with van der Waals surface area (Å²) in [5, 5.41) is 9.66. The van der Waals surface area contributed by atoms with E-state index in [1.54, 1.807) is 0 Å². The Kier molecular flexibility index (Phi) is 4.37. The van der Waals surface area contributed by atoms with Crippen molar-refractivity contribution in [2.24, 2.45) is 23.5 Å². The summed E-state index contributed by atoms with van der Waals surface area (Å²) in [5.74, 6) is 1.75. The van der Waals surface area contributed by atoms with E-state index in [4.69, 9.17) is 5.73 Å². The number of H-pyrrole nitrogens is 1. The largest absolute Gasteiger partial charge is 0.327 e. The van der Waals surface area contributed by atoms with Gasteiger partial charge in [0.1, 0.15) is 6.33 Å². The molecule has 2 saturated carbocycles. The SMILES string of the molecule is Cl.NC1C2CCC(C2)C1C(=O)Nc1ccc(-c2ncn[nH]2)cc1. The molecule has 1 heterocycles. The average molecular weight is 334 g/mol. The zero-order valence-electron chi connectivity index (χ0n) is 12.6. The first-order chi connectivity index (χ1) is 10.7. The minimum absolute atomic E-state index is 0. The molecule has 7 heteroatoms. The van der Waals surface area contributed by atoms with Gasteiger partial charge in [-0.1, -0.05) is 0 Å². The van der Waals surface area contributed by atoms with E-state index in [1.807, 2.05) is 24.3 Å². The maximum Gasteiger partial charge on any atom is 0.229 e. The van der Waals surface area contributed by atoms with Crippen molar-refractivity contribution >= 4 is 24.0 Å². The first-order valence-electron chi connectivity index (χ1n) is 7.74. The van der Waals surface area contributed by atoms with Gasteiger partial charge in [0.15, 0.2) is 5.82 Å². The number of nitrogens with two attached hydrogens (primary N) is 1. The van der Waals surface area contributed by atoms with Gasteiger partial charge in [-0.15, -0.1) is 12.4 Å². The van der Waals surface area contributed by atoms with Gasteiger partial charge in [-0.05, 0) is 55.4 Å². The average Bonchev–Trinajstić information content (AvgIpc) is 3.25. The highest BCUT2D eigenvalue weighted by atomic mass is 35.5. The van der Waals surface area contributed by atoms with Gasteiger partial charge in [-0.25, -0.2) is 4.98 Å². The molecule has 2 aliphatic carbocycles. The maximum absolute atomic E-state index is 12.5. The number of nitrogens with one attached hydrogen (secondary N) is 2.